The zero-order valence-electron chi connectivity index (χ0n) is 16.2. The summed E-state index contributed by atoms with van der Waals surface area (Å²) in [6.45, 7) is 5.91. The lowest BCUT2D eigenvalue weighted by Crippen LogP contribution is -2.39. The van der Waals surface area contributed by atoms with Gasteiger partial charge in [-0.1, -0.05) is 26.0 Å². The van der Waals surface area contributed by atoms with Gasteiger partial charge in [0.25, 0.3) is 0 Å². The number of fused-ring (bicyclic) bond motifs is 1. The van der Waals surface area contributed by atoms with Crippen LogP contribution < -0.4 is 16.1 Å². The molecule has 1 aromatic carbocycles. The summed E-state index contributed by atoms with van der Waals surface area (Å²) in [7, 11) is 0. The molecule has 0 aromatic heterocycles. The second-order valence-corrected chi connectivity index (χ2v) is 7.27. The molecule has 3 N–H and O–H groups in total. The van der Waals surface area contributed by atoms with Crippen LogP contribution in [0.25, 0.3) is 0 Å². The Bertz CT molecular complexity index is 741. The molecule has 7 nitrogen and oxygen atoms in total. The molecule has 0 saturated heterocycles. The number of carbonyl (C=O) groups is 3. The Hall–Kier alpha value is -2.70. The number of anilines is 1. The zero-order chi connectivity index (χ0) is 19.8. The highest BCUT2D eigenvalue weighted by molar-refractivity contribution is 6.35. The number of benzene rings is 1. The van der Waals surface area contributed by atoms with Gasteiger partial charge in [-0.05, 0) is 55.7 Å². The molecule has 146 valence electrons. The number of carbonyl (C=O) groups excluding carboxylic acids is 3. The summed E-state index contributed by atoms with van der Waals surface area (Å²) in [4.78, 5) is 35.5. The Morgan fingerprint density at radius 2 is 1.85 bits per heavy atom. The van der Waals surface area contributed by atoms with Crippen LogP contribution >= 0.6 is 0 Å². The highest BCUT2D eigenvalue weighted by atomic mass is 16.2. The molecule has 1 aliphatic rings. The smallest absolute Gasteiger partial charge is 0.329 e. The Morgan fingerprint density at radius 1 is 1.11 bits per heavy atom. The third-order valence-corrected chi connectivity index (χ3v) is 4.31. The second kappa shape index (κ2) is 9.85. The minimum atomic E-state index is -0.840. The van der Waals surface area contributed by atoms with Crippen molar-refractivity contribution in [1.82, 2.24) is 10.7 Å². The van der Waals surface area contributed by atoms with E-state index in [0.29, 0.717) is 12.3 Å². The lowest BCUT2D eigenvalue weighted by Gasteiger charge is -2.19. The average molecular weight is 372 g/mol. The maximum Gasteiger partial charge on any atom is 0.329 e. The van der Waals surface area contributed by atoms with Crippen LogP contribution in [0.3, 0.4) is 0 Å². The van der Waals surface area contributed by atoms with Crippen molar-refractivity contribution in [2.24, 2.45) is 11.0 Å². The summed E-state index contributed by atoms with van der Waals surface area (Å²) in [6, 6.07) is 5.97. The van der Waals surface area contributed by atoms with Crippen molar-refractivity contribution in [3.63, 3.8) is 0 Å². The standard InChI is InChI=1S/C20H28N4O3/c1-13(2)12-21-19(26)20(27)24-23-14(3)11-18(25)22-17-10-6-8-15-7-4-5-9-16(15)17/h6,8,10,13H,4-5,7,9,11-12H2,1-3H3,(H,21,26)(H,22,25)(H,24,27). The first kappa shape index (κ1) is 20.6. The molecule has 27 heavy (non-hydrogen) atoms. The molecule has 7 heteroatoms. The Balaban J connectivity index is 1.86. The first-order valence-electron chi connectivity index (χ1n) is 9.38. The summed E-state index contributed by atoms with van der Waals surface area (Å²) in [5, 5.41) is 9.28. The van der Waals surface area contributed by atoms with E-state index in [4.69, 9.17) is 0 Å². The largest absolute Gasteiger partial charge is 0.348 e. The predicted octanol–water partition coefficient (Wildman–Crippen LogP) is 2.16. The Morgan fingerprint density at radius 3 is 2.59 bits per heavy atom. The summed E-state index contributed by atoms with van der Waals surface area (Å²) in [5.41, 5.74) is 5.96. The third kappa shape index (κ3) is 6.51. The van der Waals surface area contributed by atoms with E-state index in [1.807, 2.05) is 26.0 Å². The van der Waals surface area contributed by atoms with Crippen LogP contribution in [0.15, 0.2) is 23.3 Å². The van der Waals surface area contributed by atoms with Crippen molar-refractivity contribution < 1.29 is 14.4 Å². The van der Waals surface area contributed by atoms with Crippen LogP contribution in [0.1, 0.15) is 51.2 Å². The number of hydrogen-bond donors (Lipinski definition) is 3. The van der Waals surface area contributed by atoms with E-state index in [-0.39, 0.29) is 18.2 Å². The summed E-state index contributed by atoms with van der Waals surface area (Å²) in [5.74, 6) is -1.53. The van der Waals surface area contributed by atoms with Gasteiger partial charge in [0.1, 0.15) is 0 Å². The van der Waals surface area contributed by atoms with Crippen molar-refractivity contribution in [3.8, 4) is 0 Å². The lowest BCUT2D eigenvalue weighted by molar-refractivity contribution is -0.139. The third-order valence-electron chi connectivity index (χ3n) is 4.31. The summed E-state index contributed by atoms with van der Waals surface area (Å²) >= 11 is 0. The molecule has 0 saturated carbocycles. The predicted molar refractivity (Wildman–Crippen MR) is 105 cm³/mol. The van der Waals surface area contributed by atoms with E-state index in [1.165, 1.54) is 17.5 Å². The van der Waals surface area contributed by atoms with Crippen molar-refractivity contribution in [3.05, 3.63) is 29.3 Å². The van der Waals surface area contributed by atoms with E-state index in [1.54, 1.807) is 6.92 Å². The number of hydrogen-bond acceptors (Lipinski definition) is 4. The lowest BCUT2D eigenvalue weighted by atomic mass is 9.90. The van der Waals surface area contributed by atoms with Gasteiger partial charge in [0.15, 0.2) is 0 Å². The van der Waals surface area contributed by atoms with E-state index in [0.717, 1.165) is 24.9 Å². The van der Waals surface area contributed by atoms with Crippen molar-refractivity contribution in [1.29, 1.82) is 0 Å². The topological polar surface area (TPSA) is 99.7 Å². The molecule has 0 bridgehead atoms. The van der Waals surface area contributed by atoms with Gasteiger partial charge in [0.2, 0.25) is 5.91 Å². The van der Waals surface area contributed by atoms with Gasteiger partial charge < -0.3 is 10.6 Å². The Kier molecular flexibility index (Phi) is 7.52. The van der Waals surface area contributed by atoms with Crippen LogP contribution in [-0.2, 0) is 27.2 Å². The molecule has 0 heterocycles. The van der Waals surface area contributed by atoms with E-state index < -0.39 is 11.8 Å². The number of hydrazone groups is 1. The molecule has 0 unspecified atom stereocenters. The monoisotopic (exact) mass is 372 g/mol. The number of nitrogens with one attached hydrogen (secondary N) is 3. The molecule has 0 atom stereocenters. The normalized spacial score (nSPS) is 13.7. The fourth-order valence-corrected chi connectivity index (χ4v) is 2.94. The number of amides is 3. The molecular formula is C20H28N4O3. The summed E-state index contributed by atoms with van der Waals surface area (Å²) < 4.78 is 0. The molecule has 1 aromatic rings. The molecule has 3 amide bonds. The quantitative estimate of drug-likeness (QED) is 0.405. The first-order valence-corrected chi connectivity index (χ1v) is 9.38. The minimum Gasteiger partial charge on any atom is -0.348 e. The van der Waals surface area contributed by atoms with Crippen LogP contribution in [0, 0.1) is 5.92 Å². The molecular weight excluding hydrogens is 344 g/mol. The molecule has 0 fully saturated rings. The SMILES string of the molecule is CC(CC(=O)Nc1cccc2c1CCCC2)=NNC(=O)C(=O)NCC(C)C. The molecule has 0 spiro atoms. The number of aryl methyl sites for hydroxylation is 1. The maximum atomic E-state index is 12.3. The minimum absolute atomic E-state index is 0.0392. The van der Waals surface area contributed by atoms with Gasteiger partial charge in [-0.15, -0.1) is 0 Å². The second-order valence-electron chi connectivity index (χ2n) is 7.27. The average Bonchev–Trinajstić information content (AvgIpc) is 2.64. The van der Waals surface area contributed by atoms with Gasteiger partial charge in [0.05, 0.1) is 6.42 Å². The molecule has 0 aliphatic heterocycles. The fraction of sp³-hybridized carbons (Fsp3) is 0.500. The van der Waals surface area contributed by atoms with Crippen LogP contribution in [0.2, 0.25) is 0 Å². The van der Waals surface area contributed by atoms with Gasteiger partial charge >= 0.3 is 11.8 Å². The van der Waals surface area contributed by atoms with Crippen LogP contribution in [0.4, 0.5) is 5.69 Å². The van der Waals surface area contributed by atoms with Gasteiger partial charge in [-0.2, -0.15) is 5.10 Å². The van der Waals surface area contributed by atoms with Crippen molar-refractivity contribution in [2.45, 2.75) is 52.9 Å². The Labute approximate surface area is 160 Å². The van der Waals surface area contributed by atoms with E-state index in [2.05, 4.69) is 27.2 Å². The van der Waals surface area contributed by atoms with Gasteiger partial charge in [-0.3, -0.25) is 14.4 Å². The molecule has 2 rings (SSSR count). The van der Waals surface area contributed by atoms with Crippen LogP contribution in [0.5, 0.6) is 0 Å². The zero-order valence-corrected chi connectivity index (χ0v) is 16.2. The highest BCUT2D eigenvalue weighted by Gasteiger charge is 2.16. The van der Waals surface area contributed by atoms with Crippen LogP contribution in [-0.4, -0.2) is 30.0 Å². The van der Waals surface area contributed by atoms with Gasteiger partial charge in [-0.25, -0.2) is 5.43 Å². The van der Waals surface area contributed by atoms with E-state index >= 15 is 0 Å². The first-order chi connectivity index (χ1) is 12.9. The molecule has 0 radical (unpaired) electrons. The van der Waals surface area contributed by atoms with Crippen molar-refractivity contribution >= 4 is 29.1 Å². The maximum absolute atomic E-state index is 12.3. The number of rotatable bonds is 6. The van der Waals surface area contributed by atoms with Crippen molar-refractivity contribution in [2.75, 3.05) is 11.9 Å². The number of nitrogens with zero attached hydrogens (tertiary/aromatic N) is 1. The highest BCUT2D eigenvalue weighted by Crippen LogP contribution is 2.27. The fourth-order valence-electron chi connectivity index (χ4n) is 2.94. The summed E-state index contributed by atoms with van der Waals surface area (Å²) in [6.07, 6.45) is 4.37. The molecule has 1 aliphatic carbocycles. The van der Waals surface area contributed by atoms with E-state index in [9.17, 15) is 14.4 Å². The van der Waals surface area contributed by atoms with Gasteiger partial charge in [0, 0.05) is 17.9 Å².